The number of hydrogen-bond acceptors (Lipinski definition) is 2. The van der Waals surface area contributed by atoms with E-state index < -0.39 is 6.04 Å². The zero-order valence-electron chi connectivity index (χ0n) is 10.5. The molecule has 3 N–H and O–H groups in total. The second-order valence-electron chi connectivity index (χ2n) is 4.71. The number of nitrogens with two attached hydrogens (primary N) is 1. The molecule has 1 aromatic carbocycles. The van der Waals surface area contributed by atoms with Crippen LogP contribution in [0, 0.1) is 12.8 Å². The summed E-state index contributed by atoms with van der Waals surface area (Å²) in [6.45, 7) is 6.10. The predicted octanol–water partition coefficient (Wildman–Crippen LogP) is 3.07. The number of halogens is 1. The number of amides is 1. The molecule has 0 fully saturated rings. The SMILES string of the molecule is Cc1ccc(NC(=O)[C@@H](N)CC(C)C)c(Br)c1. The van der Waals surface area contributed by atoms with Crippen molar-refractivity contribution in [3.8, 4) is 0 Å². The second-order valence-corrected chi connectivity index (χ2v) is 5.56. The van der Waals surface area contributed by atoms with Crippen molar-refractivity contribution < 1.29 is 4.79 Å². The zero-order valence-corrected chi connectivity index (χ0v) is 12.0. The minimum Gasteiger partial charge on any atom is -0.324 e. The molecule has 0 aliphatic carbocycles. The van der Waals surface area contributed by atoms with Gasteiger partial charge in [-0.3, -0.25) is 4.79 Å². The Labute approximate surface area is 111 Å². The molecule has 1 rings (SSSR count). The fraction of sp³-hybridized carbons (Fsp3) is 0.462. The van der Waals surface area contributed by atoms with E-state index >= 15 is 0 Å². The average molecular weight is 299 g/mol. The lowest BCUT2D eigenvalue weighted by atomic mass is 10.0. The Balaban J connectivity index is 2.67. The Morgan fingerprint density at radius 3 is 2.65 bits per heavy atom. The molecule has 1 aromatic rings. The Bertz CT molecular complexity index is 404. The first-order chi connectivity index (χ1) is 7.90. The number of aryl methyl sites for hydroxylation is 1. The number of hydrogen-bond donors (Lipinski definition) is 2. The lowest BCUT2D eigenvalue weighted by Crippen LogP contribution is -2.36. The Hall–Kier alpha value is -0.870. The van der Waals surface area contributed by atoms with E-state index in [9.17, 15) is 4.79 Å². The molecule has 0 aromatic heterocycles. The van der Waals surface area contributed by atoms with Gasteiger partial charge < -0.3 is 11.1 Å². The van der Waals surface area contributed by atoms with E-state index in [1.54, 1.807) is 0 Å². The normalized spacial score (nSPS) is 12.6. The van der Waals surface area contributed by atoms with Crippen molar-refractivity contribution in [1.29, 1.82) is 0 Å². The molecule has 0 saturated heterocycles. The first-order valence-corrected chi connectivity index (χ1v) is 6.52. The minimum absolute atomic E-state index is 0.136. The molecule has 1 atom stereocenters. The summed E-state index contributed by atoms with van der Waals surface area (Å²) in [7, 11) is 0. The Morgan fingerprint density at radius 2 is 2.12 bits per heavy atom. The molecule has 0 spiro atoms. The predicted molar refractivity (Wildman–Crippen MR) is 74.9 cm³/mol. The van der Waals surface area contributed by atoms with Gasteiger partial charge in [0.25, 0.3) is 0 Å². The van der Waals surface area contributed by atoms with Gasteiger partial charge in [-0.15, -0.1) is 0 Å². The van der Waals surface area contributed by atoms with Crippen molar-refractivity contribution in [3.05, 3.63) is 28.2 Å². The quantitative estimate of drug-likeness (QED) is 0.897. The molecule has 0 saturated carbocycles. The molecule has 94 valence electrons. The van der Waals surface area contributed by atoms with Crippen LogP contribution in [0.3, 0.4) is 0 Å². The maximum absolute atomic E-state index is 11.8. The van der Waals surface area contributed by atoms with Crippen LogP contribution in [-0.2, 0) is 4.79 Å². The van der Waals surface area contributed by atoms with Crippen LogP contribution in [-0.4, -0.2) is 11.9 Å². The average Bonchev–Trinajstić information content (AvgIpc) is 2.21. The van der Waals surface area contributed by atoms with Crippen LogP contribution in [0.5, 0.6) is 0 Å². The highest BCUT2D eigenvalue weighted by Crippen LogP contribution is 2.23. The number of carbonyl (C=O) groups is 1. The molecule has 1 amide bonds. The first-order valence-electron chi connectivity index (χ1n) is 5.72. The van der Waals surface area contributed by atoms with Gasteiger partial charge in [0.1, 0.15) is 0 Å². The standard InChI is InChI=1S/C13H19BrN2O/c1-8(2)6-11(15)13(17)16-12-5-4-9(3)7-10(12)14/h4-5,7-8,11H,6,15H2,1-3H3,(H,16,17)/t11-/m0/s1. The molecule has 0 aliphatic heterocycles. The fourth-order valence-corrected chi connectivity index (χ4v) is 2.15. The third-order valence-corrected chi connectivity index (χ3v) is 3.10. The van der Waals surface area contributed by atoms with Crippen molar-refractivity contribution in [1.82, 2.24) is 0 Å². The highest BCUT2D eigenvalue weighted by molar-refractivity contribution is 9.10. The van der Waals surface area contributed by atoms with E-state index in [2.05, 4.69) is 35.1 Å². The Morgan fingerprint density at radius 1 is 1.47 bits per heavy atom. The van der Waals surface area contributed by atoms with E-state index in [0.717, 1.165) is 15.7 Å². The largest absolute Gasteiger partial charge is 0.324 e. The van der Waals surface area contributed by atoms with Crippen LogP contribution in [0.2, 0.25) is 0 Å². The van der Waals surface area contributed by atoms with Crippen molar-refractivity contribution in [2.75, 3.05) is 5.32 Å². The summed E-state index contributed by atoms with van der Waals surface area (Å²) in [5, 5.41) is 2.83. The molecule has 17 heavy (non-hydrogen) atoms. The van der Waals surface area contributed by atoms with Gasteiger partial charge in [0.05, 0.1) is 11.7 Å². The van der Waals surface area contributed by atoms with E-state index in [-0.39, 0.29) is 5.91 Å². The molecule has 3 nitrogen and oxygen atoms in total. The van der Waals surface area contributed by atoms with Crippen LogP contribution in [0.25, 0.3) is 0 Å². The molecular weight excluding hydrogens is 280 g/mol. The number of nitrogens with one attached hydrogen (secondary N) is 1. The van der Waals surface area contributed by atoms with Crippen molar-refractivity contribution in [2.24, 2.45) is 11.7 Å². The van der Waals surface area contributed by atoms with E-state index in [1.165, 1.54) is 0 Å². The van der Waals surface area contributed by atoms with Crippen LogP contribution < -0.4 is 11.1 Å². The smallest absolute Gasteiger partial charge is 0.241 e. The topological polar surface area (TPSA) is 55.1 Å². The highest BCUT2D eigenvalue weighted by atomic mass is 79.9. The molecule has 4 heteroatoms. The fourth-order valence-electron chi connectivity index (χ4n) is 1.56. The molecule has 0 bridgehead atoms. The van der Waals surface area contributed by atoms with Crippen molar-refractivity contribution >= 4 is 27.5 Å². The number of carbonyl (C=O) groups excluding carboxylic acids is 1. The monoisotopic (exact) mass is 298 g/mol. The molecule has 0 radical (unpaired) electrons. The van der Waals surface area contributed by atoms with Gasteiger partial charge in [-0.2, -0.15) is 0 Å². The Kier molecular flexibility index (Phi) is 5.15. The minimum atomic E-state index is -0.455. The lowest BCUT2D eigenvalue weighted by Gasteiger charge is -2.15. The van der Waals surface area contributed by atoms with E-state index in [4.69, 9.17) is 5.73 Å². The van der Waals surface area contributed by atoms with Gasteiger partial charge in [-0.25, -0.2) is 0 Å². The number of anilines is 1. The van der Waals surface area contributed by atoms with Crippen molar-refractivity contribution in [2.45, 2.75) is 33.2 Å². The van der Waals surface area contributed by atoms with Gasteiger partial charge in [-0.05, 0) is 52.9 Å². The van der Waals surface area contributed by atoms with Gasteiger partial charge >= 0.3 is 0 Å². The van der Waals surface area contributed by atoms with Gasteiger partial charge in [0.2, 0.25) is 5.91 Å². The summed E-state index contributed by atoms with van der Waals surface area (Å²) in [6, 6.07) is 5.33. The highest BCUT2D eigenvalue weighted by Gasteiger charge is 2.15. The summed E-state index contributed by atoms with van der Waals surface area (Å²) in [5.74, 6) is 0.278. The second kappa shape index (κ2) is 6.17. The van der Waals surface area contributed by atoms with Crippen LogP contribution in [0.4, 0.5) is 5.69 Å². The molecular formula is C13H19BrN2O. The summed E-state index contributed by atoms with van der Waals surface area (Å²) in [4.78, 5) is 11.8. The summed E-state index contributed by atoms with van der Waals surface area (Å²) >= 11 is 3.42. The third-order valence-electron chi connectivity index (χ3n) is 2.44. The van der Waals surface area contributed by atoms with Crippen LogP contribution >= 0.6 is 15.9 Å². The van der Waals surface area contributed by atoms with Crippen molar-refractivity contribution in [3.63, 3.8) is 0 Å². The molecule has 0 aliphatic rings. The molecule has 0 unspecified atom stereocenters. The van der Waals surface area contributed by atoms with Crippen LogP contribution in [0.15, 0.2) is 22.7 Å². The third kappa shape index (κ3) is 4.48. The maximum atomic E-state index is 11.8. The summed E-state index contributed by atoms with van der Waals surface area (Å²) in [6.07, 6.45) is 0.690. The number of rotatable bonds is 4. The van der Waals surface area contributed by atoms with Gasteiger partial charge in [0.15, 0.2) is 0 Å². The molecule has 0 heterocycles. The summed E-state index contributed by atoms with van der Waals surface area (Å²) < 4.78 is 0.877. The van der Waals surface area contributed by atoms with Crippen LogP contribution in [0.1, 0.15) is 25.8 Å². The van der Waals surface area contributed by atoms with Gasteiger partial charge in [0, 0.05) is 4.47 Å². The first kappa shape index (κ1) is 14.2. The van der Waals surface area contributed by atoms with E-state index in [0.29, 0.717) is 12.3 Å². The number of benzene rings is 1. The van der Waals surface area contributed by atoms with Gasteiger partial charge in [-0.1, -0.05) is 19.9 Å². The summed E-state index contributed by atoms with van der Waals surface area (Å²) in [5.41, 5.74) is 7.72. The van der Waals surface area contributed by atoms with E-state index in [1.807, 2.05) is 25.1 Å². The zero-order chi connectivity index (χ0) is 13.0. The maximum Gasteiger partial charge on any atom is 0.241 e. The lowest BCUT2D eigenvalue weighted by molar-refractivity contribution is -0.117.